The van der Waals surface area contributed by atoms with E-state index in [1.54, 1.807) is 0 Å². The molecule has 8 aromatic carbocycles. The number of aryl methyl sites for hydroxylation is 4. The molecular formula is C50H42O4. The fourth-order valence-corrected chi connectivity index (χ4v) is 7.76. The first-order valence-electron chi connectivity index (χ1n) is 18.4. The zero-order valence-electron chi connectivity index (χ0n) is 31.0. The van der Waals surface area contributed by atoms with Crippen LogP contribution < -0.4 is 9.47 Å². The number of rotatable bonds is 9. The van der Waals surface area contributed by atoms with Gasteiger partial charge in [0.25, 0.3) is 0 Å². The minimum atomic E-state index is 0.220. The van der Waals surface area contributed by atoms with Gasteiger partial charge >= 0.3 is 0 Å². The van der Waals surface area contributed by atoms with E-state index in [4.69, 9.17) is 9.47 Å². The van der Waals surface area contributed by atoms with Crippen molar-refractivity contribution >= 4 is 21.5 Å². The minimum absolute atomic E-state index is 0.220. The van der Waals surface area contributed by atoms with E-state index in [-0.39, 0.29) is 24.7 Å². The van der Waals surface area contributed by atoms with Crippen LogP contribution in [0.4, 0.5) is 0 Å². The first kappa shape index (κ1) is 34.6. The molecule has 0 fully saturated rings. The van der Waals surface area contributed by atoms with E-state index in [1.165, 1.54) is 0 Å². The molecule has 4 heteroatoms. The van der Waals surface area contributed by atoms with Gasteiger partial charge in [-0.1, -0.05) is 109 Å². The van der Waals surface area contributed by atoms with E-state index in [2.05, 4.69) is 88.4 Å². The fourth-order valence-electron chi connectivity index (χ4n) is 7.76. The Labute approximate surface area is 316 Å². The van der Waals surface area contributed by atoms with Crippen LogP contribution in [0, 0.1) is 27.7 Å². The van der Waals surface area contributed by atoms with Crippen LogP contribution in [0.1, 0.15) is 22.3 Å². The molecule has 8 aromatic rings. The number of aromatic hydroxyl groups is 2. The van der Waals surface area contributed by atoms with Gasteiger partial charge < -0.3 is 19.7 Å². The molecule has 0 heterocycles. The average molecular weight is 707 g/mol. The number of hydrogen-bond acceptors (Lipinski definition) is 4. The highest BCUT2D eigenvalue weighted by atomic mass is 16.5. The second-order valence-corrected chi connectivity index (χ2v) is 14.1. The van der Waals surface area contributed by atoms with Crippen molar-refractivity contribution < 1.29 is 19.7 Å². The topological polar surface area (TPSA) is 58.9 Å². The van der Waals surface area contributed by atoms with E-state index in [1.807, 2.05) is 84.9 Å². The molecule has 54 heavy (non-hydrogen) atoms. The van der Waals surface area contributed by atoms with Crippen molar-refractivity contribution in [2.75, 3.05) is 13.2 Å². The second kappa shape index (κ2) is 14.5. The summed E-state index contributed by atoms with van der Waals surface area (Å²) >= 11 is 0. The van der Waals surface area contributed by atoms with Crippen LogP contribution in [0.3, 0.4) is 0 Å². The number of ether oxygens (including phenoxy) is 2. The van der Waals surface area contributed by atoms with Crippen molar-refractivity contribution in [3.05, 3.63) is 168 Å². The Bertz CT molecular complexity index is 2500. The molecule has 0 aromatic heterocycles. The van der Waals surface area contributed by atoms with Gasteiger partial charge in [-0.2, -0.15) is 0 Å². The normalized spacial score (nSPS) is 11.3. The Kier molecular flexibility index (Phi) is 9.27. The third-order valence-corrected chi connectivity index (χ3v) is 10.3. The van der Waals surface area contributed by atoms with Gasteiger partial charge in [0.05, 0.1) is 0 Å². The molecular weight excluding hydrogens is 665 g/mol. The van der Waals surface area contributed by atoms with Gasteiger partial charge in [-0.15, -0.1) is 0 Å². The average Bonchev–Trinajstić information content (AvgIpc) is 3.18. The highest BCUT2D eigenvalue weighted by Gasteiger charge is 2.20. The SMILES string of the molecule is Cc1cc(-c2ccccc2OCCOc2ccccc2-c2cc(C)cc(-c3c(C)ccc4ccccc34)c2O)c(O)c(-c2c(C)ccc3ccccc23)c1. The lowest BCUT2D eigenvalue weighted by Crippen LogP contribution is -2.10. The fraction of sp³-hybridized carbons (Fsp3) is 0.120. The lowest BCUT2D eigenvalue weighted by atomic mass is 9.89. The molecule has 0 aliphatic carbocycles. The van der Waals surface area contributed by atoms with E-state index >= 15 is 0 Å². The van der Waals surface area contributed by atoms with E-state index < -0.39 is 0 Å². The van der Waals surface area contributed by atoms with Crippen molar-refractivity contribution in [3.63, 3.8) is 0 Å². The van der Waals surface area contributed by atoms with Gasteiger partial charge in [-0.25, -0.2) is 0 Å². The lowest BCUT2D eigenvalue weighted by Gasteiger charge is -2.19. The number of para-hydroxylation sites is 2. The van der Waals surface area contributed by atoms with Crippen molar-refractivity contribution in [2.45, 2.75) is 27.7 Å². The number of phenolic OH excluding ortho intramolecular Hbond substituents is 2. The molecule has 0 aliphatic rings. The van der Waals surface area contributed by atoms with Crippen LogP contribution in [-0.4, -0.2) is 23.4 Å². The van der Waals surface area contributed by atoms with Crippen molar-refractivity contribution in [1.82, 2.24) is 0 Å². The van der Waals surface area contributed by atoms with Gasteiger partial charge in [0.1, 0.15) is 36.2 Å². The highest BCUT2D eigenvalue weighted by molar-refractivity contribution is 6.02. The van der Waals surface area contributed by atoms with Gasteiger partial charge in [-0.3, -0.25) is 0 Å². The number of fused-ring (bicyclic) bond motifs is 2. The van der Waals surface area contributed by atoms with Gasteiger partial charge in [0.15, 0.2) is 0 Å². The van der Waals surface area contributed by atoms with Crippen molar-refractivity contribution in [2.24, 2.45) is 0 Å². The Hall–Kier alpha value is -6.52. The van der Waals surface area contributed by atoms with Gasteiger partial charge in [0.2, 0.25) is 0 Å². The predicted octanol–water partition coefficient (Wildman–Crippen LogP) is 12.8. The van der Waals surface area contributed by atoms with Gasteiger partial charge in [0, 0.05) is 33.4 Å². The summed E-state index contributed by atoms with van der Waals surface area (Å²) in [5.41, 5.74) is 11.0. The summed E-state index contributed by atoms with van der Waals surface area (Å²) in [4.78, 5) is 0. The number of benzene rings is 8. The minimum Gasteiger partial charge on any atom is -0.507 e. The zero-order chi connectivity index (χ0) is 37.3. The summed E-state index contributed by atoms with van der Waals surface area (Å²) in [6.07, 6.45) is 0. The Balaban J connectivity index is 1.07. The first-order valence-corrected chi connectivity index (χ1v) is 18.4. The predicted molar refractivity (Wildman–Crippen MR) is 223 cm³/mol. The molecule has 0 saturated carbocycles. The van der Waals surface area contributed by atoms with Gasteiger partial charge in [-0.05, 0) is 119 Å². The quantitative estimate of drug-likeness (QED) is 0.147. The van der Waals surface area contributed by atoms with Crippen molar-refractivity contribution in [3.8, 4) is 67.5 Å². The number of phenols is 2. The standard InChI is InChI=1S/C50H42O4/c1-31-27-41(49(51)43(29-31)47-33(3)21-23-35-13-5-7-15-37(35)47)39-17-9-11-19-45(39)53-25-26-54-46-20-12-10-18-40(46)42-28-32(2)30-44(50(42)52)48-34(4)22-24-36-14-6-8-16-38(36)48/h5-24,27-30,51-52H,25-26H2,1-4H3. The summed E-state index contributed by atoms with van der Waals surface area (Å²) in [7, 11) is 0. The summed E-state index contributed by atoms with van der Waals surface area (Å²) in [5, 5.41) is 28.2. The van der Waals surface area contributed by atoms with E-state index in [0.29, 0.717) is 22.6 Å². The van der Waals surface area contributed by atoms with E-state index in [0.717, 1.165) is 77.2 Å². The lowest BCUT2D eigenvalue weighted by molar-refractivity contribution is 0.218. The van der Waals surface area contributed by atoms with Crippen LogP contribution in [0.2, 0.25) is 0 Å². The first-order chi connectivity index (χ1) is 26.3. The molecule has 0 atom stereocenters. The Morgan fingerprint density at radius 1 is 0.389 bits per heavy atom. The van der Waals surface area contributed by atoms with Crippen LogP contribution in [0.15, 0.2) is 146 Å². The second-order valence-electron chi connectivity index (χ2n) is 14.1. The number of hydrogen-bond donors (Lipinski definition) is 2. The summed E-state index contributed by atoms with van der Waals surface area (Å²) in [6, 6.07) is 48.8. The third-order valence-electron chi connectivity index (χ3n) is 10.3. The van der Waals surface area contributed by atoms with E-state index in [9.17, 15) is 10.2 Å². The molecule has 0 amide bonds. The molecule has 0 saturated heterocycles. The van der Waals surface area contributed by atoms with Crippen LogP contribution >= 0.6 is 0 Å². The molecule has 4 nitrogen and oxygen atoms in total. The van der Waals surface area contributed by atoms with Crippen LogP contribution in [0.25, 0.3) is 66.1 Å². The molecule has 0 bridgehead atoms. The Morgan fingerprint density at radius 2 is 0.759 bits per heavy atom. The van der Waals surface area contributed by atoms with Crippen molar-refractivity contribution in [1.29, 1.82) is 0 Å². The molecule has 0 unspecified atom stereocenters. The maximum Gasteiger partial charge on any atom is 0.131 e. The monoisotopic (exact) mass is 706 g/mol. The molecule has 0 radical (unpaired) electrons. The molecule has 0 spiro atoms. The smallest absolute Gasteiger partial charge is 0.131 e. The van der Waals surface area contributed by atoms with Crippen LogP contribution in [-0.2, 0) is 0 Å². The van der Waals surface area contributed by atoms with Crippen LogP contribution in [0.5, 0.6) is 23.0 Å². The summed E-state index contributed by atoms with van der Waals surface area (Å²) in [5.74, 6) is 1.75. The molecule has 2 N–H and O–H groups in total. The zero-order valence-corrected chi connectivity index (χ0v) is 31.0. The molecule has 266 valence electrons. The largest absolute Gasteiger partial charge is 0.507 e. The third kappa shape index (κ3) is 6.41. The molecule has 8 rings (SSSR count). The summed E-state index contributed by atoms with van der Waals surface area (Å²) in [6.45, 7) is 8.83. The molecule has 0 aliphatic heterocycles. The maximum atomic E-state index is 11.9. The maximum absolute atomic E-state index is 11.9. The highest BCUT2D eigenvalue weighted by Crippen LogP contribution is 2.47. The summed E-state index contributed by atoms with van der Waals surface area (Å²) < 4.78 is 12.8. The Morgan fingerprint density at radius 3 is 1.20 bits per heavy atom.